The lowest BCUT2D eigenvalue weighted by Crippen LogP contribution is -2.59. The Hall–Kier alpha value is -2.41. The zero-order valence-corrected chi connectivity index (χ0v) is 17.8. The Kier molecular flexibility index (Phi) is 7.25. The average Bonchev–Trinajstić information content (AvgIpc) is 2.73. The number of hydrazine groups is 1. The minimum Gasteiger partial charge on any atom is -0.334 e. The lowest BCUT2D eigenvalue weighted by Gasteiger charge is -2.34. The van der Waals surface area contributed by atoms with Crippen molar-refractivity contribution in [3.8, 4) is 0 Å². The van der Waals surface area contributed by atoms with Crippen LogP contribution in [-0.4, -0.2) is 67.2 Å². The topological polar surface area (TPSA) is 68.2 Å². The van der Waals surface area contributed by atoms with Crippen molar-refractivity contribution in [3.05, 3.63) is 30.3 Å². The molecule has 0 radical (unpaired) electrons. The van der Waals surface area contributed by atoms with Crippen molar-refractivity contribution >= 4 is 23.3 Å². The number of amides is 2. The predicted octanol–water partition coefficient (Wildman–Crippen LogP) is 2.30. The molecule has 1 atom stereocenters. The van der Waals surface area contributed by atoms with E-state index in [-0.39, 0.29) is 17.6 Å². The van der Waals surface area contributed by atoms with E-state index in [4.69, 9.17) is 0 Å². The molecule has 1 N–H and O–H groups in total. The van der Waals surface area contributed by atoms with Crippen LogP contribution in [0.3, 0.4) is 0 Å². The SMILES string of the molecule is CC1N=C(C(=O)N(CCN(C)C)CC2CCCCC2)NN(c2ccccc2)C1=O. The third-order valence-corrected chi connectivity index (χ3v) is 5.64. The molecular formula is C22H33N5O2. The minimum atomic E-state index is -0.596. The Morgan fingerprint density at radius 1 is 1.14 bits per heavy atom. The van der Waals surface area contributed by atoms with E-state index in [1.54, 1.807) is 6.92 Å². The minimum absolute atomic E-state index is 0.127. The van der Waals surface area contributed by atoms with Crippen LogP contribution in [0.15, 0.2) is 35.3 Å². The fourth-order valence-electron chi connectivity index (χ4n) is 3.93. The number of amidine groups is 1. The van der Waals surface area contributed by atoms with Crippen molar-refractivity contribution in [2.75, 3.05) is 38.7 Å². The summed E-state index contributed by atoms with van der Waals surface area (Å²) in [6.07, 6.45) is 6.13. The largest absolute Gasteiger partial charge is 0.334 e. The summed E-state index contributed by atoms with van der Waals surface area (Å²) in [4.78, 5) is 34.4. The van der Waals surface area contributed by atoms with Crippen molar-refractivity contribution in [1.29, 1.82) is 0 Å². The Balaban J connectivity index is 1.77. The number of nitrogens with zero attached hydrogens (tertiary/aromatic N) is 4. The maximum absolute atomic E-state index is 13.4. The first-order valence-electron chi connectivity index (χ1n) is 10.6. The summed E-state index contributed by atoms with van der Waals surface area (Å²) >= 11 is 0. The first kappa shape index (κ1) is 21.3. The quantitative estimate of drug-likeness (QED) is 0.764. The maximum Gasteiger partial charge on any atom is 0.290 e. The summed E-state index contributed by atoms with van der Waals surface area (Å²) in [5.74, 6) is 0.497. The Morgan fingerprint density at radius 2 is 1.83 bits per heavy atom. The fourth-order valence-corrected chi connectivity index (χ4v) is 3.93. The molecule has 1 aromatic rings. The van der Waals surface area contributed by atoms with Crippen LogP contribution in [-0.2, 0) is 9.59 Å². The summed E-state index contributed by atoms with van der Waals surface area (Å²) in [5.41, 5.74) is 3.69. The first-order valence-corrected chi connectivity index (χ1v) is 10.6. The van der Waals surface area contributed by atoms with Gasteiger partial charge in [0.25, 0.3) is 11.8 Å². The molecule has 1 fully saturated rings. The van der Waals surface area contributed by atoms with Gasteiger partial charge in [0.1, 0.15) is 6.04 Å². The molecule has 0 bridgehead atoms. The smallest absolute Gasteiger partial charge is 0.290 e. The Bertz CT molecular complexity index is 728. The Labute approximate surface area is 173 Å². The number of likely N-dealkylation sites (N-methyl/N-ethyl adjacent to an activating group) is 1. The molecule has 1 aliphatic carbocycles. The third-order valence-electron chi connectivity index (χ3n) is 5.64. The number of rotatable bonds is 7. The van der Waals surface area contributed by atoms with Gasteiger partial charge in [-0.15, -0.1) is 0 Å². The van der Waals surface area contributed by atoms with Crippen LogP contribution in [0.1, 0.15) is 39.0 Å². The molecule has 0 spiro atoms. The molecule has 7 heteroatoms. The van der Waals surface area contributed by atoms with E-state index in [0.29, 0.717) is 18.2 Å². The highest BCUT2D eigenvalue weighted by Crippen LogP contribution is 2.25. The molecule has 1 unspecified atom stereocenters. The Morgan fingerprint density at radius 3 is 2.48 bits per heavy atom. The molecule has 0 saturated heterocycles. The lowest BCUT2D eigenvalue weighted by atomic mass is 9.89. The molecular weight excluding hydrogens is 366 g/mol. The summed E-state index contributed by atoms with van der Waals surface area (Å²) in [7, 11) is 4.02. The normalized spacial score (nSPS) is 20.4. The summed E-state index contributed by atoms with van der Waals surface area (Å²) in [6.45, 7) is 3.93. The number of carbonyl (C=O) groups excluding carboxylic acids is 2. The number of carbonyl (C=O) groups is 2. The number of hydrogen-bond donors (Lipinski definition) is 1. The van der Waals surface area contributed by atoms with Gasteiger partial charge in [-0.3, -0.25) is 15.0 Å². The van der Waals surface area contributed by atoms with Crippen molar-refractivity contribution in [3.63, 3.8) is 0 Å². The van der Waals surface area contributed by atoms with Crippen molar-refractivity contribution in [2.24, 2.45) is 10.9 Å². The molecule has 1 aromatic carbocycles. The van der Waals surface area contributed by atoms with Crippen LogP contribution >= 0.6 is 0 Å². The van der Waals surface area contributed by atoms with Crippen LogP contribution < -0.4 is 10.4 Å². The fraction of sp³-hybridized carbons (Fsp3) is 0.591. The van der Waals surface area contributed by atoms with Crippen LogP contribution in [0.4, 0.5) is 5.69 Å². The average molecular weight is 400 g/mol. The van der Waals surface area contributed by atoms with Crippen molar-refractivity contribution in [1.82, 2.24) is 15.2 Å². The highest BCUT2D eigenvalue weighted by Gasteiger charge is 2.33. The zero-order valence-electron chi connectivity index (χ0n) is 17.8. The predicted molar refractivity (Wildman–Crippen MR) is 116 cm³/mol. The highest BCUT2D eigenvalue weighted by molar-refractivity contribution is 6.39. The molecule has 3 rings (SSSR count). The highest BCUT2D eigenvalue weighted by atomic mass is 16.2. The van der Waals surface area contributed by atoms with E-state index in [9.17, 15) is 9.59 Å². The molecule has 0 aromatic heterocycles. The monoisotopic (exact) mass is 399 g/mol. The van der Waals surface area contributed by atoms with Crippen LogP contribution in [0.25, 0.3) is 0 Å². The molecule has 7 nitrogen and oxygen atoms in total. The second kappa shape index (κ2) is 9.87. The third kappa shape index (κ3) is 5.56. The van der Waals surface area contributed by atoms with Gasteiger partial charge in [-0.05, 0) is 51.9 Å². The first-order chi connectivity index (χ1) is 14.0. The number of para-hydroxylation sites is 1. The number of anilines is 1. The number of nitrogens with one attached hydrogen (secondary N) is 1. The van der Waals surface area contributed by atoms with Crippen LogP contribution in [0, 0.1) is 5.92 Å². The van der Waals surface area contributed by atoms with Gasteiger partial charge in [0.05, 0.1) is 5.69 Å². The summed E-state index contributed by atoms with van der Waals surface area (Å²) in [5, 5.41) is 1.44. The van der Waals surface area contributed by atoms with E-state index in [2.05, 4.69) is 15.3 Å². The van der Waals surface area contributed by atoms with E-state index < -0.39 is 6.04 Å². The number of benzene rings is 1. The standard InChI is InChI=1S/C22H33N5O2/c1-17-21(28)27(19-12-8-5-9-13-19)24-20(23-17)22(29)26(15-14-25(2)3)16-18-10-6-4-7-11-18/h5,8-9,12-13,17-18H,4,6-7,10-11,14-16H2,1-3H3,(H,23,24). The van der Waals surface area contributed by atoms with Gasteiger partial charge in [0.15, 0.2) is 0 Å². The molecule has 29 heavy (non-hydrogen) atoms. The summed E-state index contributed by atoms with van der Waals surface area (Å²) < 4.78 is 0. The van der Waals surface area contributed by atoms with E-state index in [1.165, 1.54) is 37.1 Å². The van der Waals surface area contributed by atoms with Gasteiger partial charge in [-0.2, -0.15) is 0 Å². The number of hydrogen-bond acceptors (Lipinski definition) is 5. The lowest BCUT2D eigenvalue weighted by molar-refractivity contribution is -0.125. The molecule has 2 amide bonds. The van der Waals surface area contributed by atoms with E-state index >= 15 is 0 Å². The number of aliphatic imine (C=N–C) groups is 1. The maximum atomic E-state index is 13.4. The molecule has 1 saturated carbocycles. The van der Waals surface area contributed by atoms with Gasteiger partial charge in [0.2, 0.25) is 5.84 Å². The van der Waals surface area contributed by atoms with E-state index in [1.807, 2.05) is 49.3 Å². The van der Waals surface area contributed by atoms with Crippen molar-refractivity contribution in [2.45, 2.75) is 45.1 Å². The summed E-state index contributed by atoms with van der Waals surface area (Å²) in [6, 6.07) is 8.73. The van der Waals surface area contributed by atoms with Gasteiger partial charge < -0.3 is 9.80 Å². The molecule has 158 valence electrons. The van der Waals surface area contributed by atoms with Crippen LogP contribution in [0.2, 0.25) is 0 Å². The van der Waals surface area contributed by atoms with Crippen molar-refractivity contribution < 1.29 is 9.59 Å². The van der Waals surface area contributed by atoms with Gasteiger partial charge in [-0.25, -0.2) is 10.0 Å². The molecule has 1 aliphatic heterocycles. The van der Waals surface area contributed by atoms with E-state index in [0.717, 1.165) is 13.1 Å². The molecule has 1 heterocycles. The zero-order chi connectivity index (χ0) is 20.8. The van der Waals surface area contributed by atoms with Gasteiger partial charge in [-0.1, -0.05) is 37.5 Å². The van der Waals surface area contributed by atoms with Gasteiger partial charge >= 0.3 is 0 Å². The van der Waals surface area contributed by atoms with Crippen LogP contribution in [0.5, 0.6) is 0 Å². The second-order valence-corrected chi connectivity index (χ2v) is 8.33. The van der Waals surface area contributed by atoms with Gasteiger partial charge in [0, 0.05) is 19.6 Å². The molecule has 2 aliphatic rings. The second-order valence-electron chi connectivity index (χ2n) is 8.33.